The van der Waals surface area contributed by atoms with E-state index >= 15 is 0 Å². The SMILES string of the molecule is CCOCCN1CCN(S(=O)(=O)c2ccc(F)cc2)CC1. The van der Waals surface area contributed by atoms with E-state index in [2.05, 4.69) is 4.90 Å². The van der Waals surface area contributed by atoms with Gasteiger partial charge in [-0.25, -0.2) is 12.8 Å². The van der Waals surface area contributed by atoms with Crippen molar-refractivity contribution in [1.29, 1.82) is 0 Å². The number of ether oxygens (including phenoxy) is 1. The summed E-state index contributed by atoms with van der Waals surface area (Å²) in [7, 11) is -3.52. The summed E-state index contributed by atoms with van der Waals surface area (Å²) >= 11 is 0. The second-order valence-corrected chi connectivity index (χ2v) is 6.83. The minimum atomic E-state index is -3.52. The van der Waals surface area contributed by atoms with Crippen molar-refractivity contribution in [2.75, 3.05) is 45.9 Å². The summed E-state index contributed by atoms with van der Waals surface area (Å²) in [6, 6.07) is 4.97. The van der Waals surface area contributed by atoms with Gasteiger partial charge in [0.2, 0.25) is 10.0 Å². The standard InChI is InChI=1S/C14H21FN2O3S/c1-2-20-12-11-16-7-9-17(10-8-16)21(18,19)14-5-3-13(15)4-6-14/h3-6H,2,7-12H2,1H3. The number of hydrogen-bond donors (Lipinski definition) is 0. The molecule has 7 heteroatoms. The monoisotopic (exact) mass is 316 g/mol. The van der Waals surface area contributed by atoms with Crippen LogP contribution in [0.1, 0.15) is 6.92 Å². The molecular formula is C14H21FN2O3S. The van der Waals surface area contributed by atoms with Gasteiger partial charge in [0, 0.05) is 39.3 Å². The minimum absolute atomic E-state index is 0.145. The quantitative estimate of drug-likeness (QED) is 0.739. The van der Waals surface area contributed by atoms with Crippen molar-refractivity contribution in [3.63, 3.8) is 0 Å². The summed E-state index contributed by atoms with van der Waals surface area (Å²) in [6.45, 7) is 6.41. The van der Waals surface area contributed by atoms with Gasteiger partial charge in [0.05, 0.1) is 11.5 Å². The van der Waals surface area contributed by atoms with E-state index in [1.165, 1.54) is 28.6 Å². The van der Waals surface area contributed by atoms with Crippen LogP contribution in [0.3, 0.4) is 0 Å². The van der Waals surface area contributed by atoms with Crippen LogP contribution in [0.2, 0.25) is 0 Å². The second-order valence-electron chi connectivity index (χ2n) is 4.90. The number of nitrogens with zero attached hydrogens (tertiary/aromatic N) is 2. The van der Waals surface area contributed by atoms with Gasteiger partial charge in [-0.15, -0.1) is 0 Å². The molecule has 0 atom stereocenters. The first-order valence-corrected chi connectivity index (χ1v) is 8.54. The van der Waals surface area contributed by atoms with Crippen LogP contribution in [0.4, 0.5) is 4.39 Å². The number of halogens is 1. The van der Waals surface area contributed by atoms with Crippen LogP contribution < -0.4 is 0 Å². The Kier molecular flexibility index (Phi) is 5.69. The lowest BCUT2D eigenvalue weighted by molar-refractivity contribution is 0.0979. The molecule has 0 bridgehead atoms. The summed E-state index contributed by atoms with van der Waals surface area (Å²) in [5, 5.41) is 0. The number of benzene rings is 1. The van der Waals surface area contributed by atoms with Crippen molar-refractivity contribution < 1.29 is 17.5 Å². The molecule has 0 aromatic heterocycles. The number of sulfonamides is 1. The second kappa shape index (κ2) is 7.31. The Balaban J connectivity index is 1.93. The van der Waals surface area contributed by atoms with Gasteiger partial charge in [-0.2, -0.15) is 4.31 Å². The average Bonchev–Trinajstić information content (AvgIpc) is 2.48. The zero-order valence-corrected chi connectivity index (χ0v) is 13.0. The molecule has 0 amide bonds. The van der Waals surface area contributed by atoms with E-state index in [0.717, 1.165) is 6.54 Å². The highest BCUT2D eigenvalue weighted by Gasteiger charge is 2.28. The summed E-state index contributed by atoms with van der Waals surface area (Å²) in [5.74, 6) is -0.435. The first kappa shape index (κ1) is 16.4. The zero-order chi connectivity index (χ0) is 15.3. The van der Waals surface area contributed by atoms with Crippen LogP contribution in [0.15, 0.2) is 29.2 Å². The van der Waals surface area contributed by atoms with Crippen LogP contribution in [0.25, 0.3) is 0 Å². The van der Waals surface area contributed by atoms with E-state index in [0.29, 0.717) is 39.4 Å². The maximum atomic E-state index is 12.9. The third kappa shape index (κ3) is 4.23. The molecule has 1 aromatic carbocycles. The highest BCUT2D eigenvalue weighted by Crippen LogP contribution is 2.17. The molecule has 5 nitrogen and oxygen atoms in total. The molecule has 0 spiro atoms. The van der Waals surface area contributed by atoms with Gasteiger partial charge >= 0.3 is 0 Å². The third-order valence-electron chi connectivity index (χ3n) is 3.54. The van der Waals surface area contributed by atoms with Gasteiger partial charge < -0.3 is 4.74 Å². The Morgan fingerprint density at radius 1 is 1.14 bits per heavy atom. The fourth-order valence-corrected chi connectivity index (χ4v) is 3.71. The third-order valence-corrected chi connectivity index (χ3v) is 5.45. The molecule has 21 heavy (non-hydrogen) atoms. The molecule has 1 heterocycles. The fourth-order valence-electron chi connectivity index (χ4n) is 2.29. The van der Waals surface area contributed by atoms with Crippen molar-refractivity contribution in [1.82, 2.24) is 9.21 Å². The lowest BCUT2D eigenvalue weighted by Gasteiger charge is -2.33. The predicted molar refractivity (Wildman–Crippen MR) is 78.1 cm³/mol. The van der Waals surface area contributed by atoms with Gasteiger partial charge in [0.15, 0.2) is 0 Å². The molecule has 1 saturated heterocycles. The normalized spacial score (nSPS) is 18.0. The molecule has 2 rings (SSSR count). The average molecular weight is 316 g/mol. The summed E-state index contributed by atoms with van der Waals surface area (Å²) in [5.41, 5.74) is 0. The smallest absolute Gasteiger partial charge is 0.243 e. The molecule has 1 fully saturated rings. The highest BCUT2D eigenvalue weighted by atomic mass is 32.2. The molecule has 0 aliphatic carbocycles. The summed E-state index contributed by atoms with van der Waals surface area (Å²) < 4.78 is 44.5. The van der Waals surface area contributed by atoms with Crippen LogP contribution in [-0.4, -0.2) is 63.6 Å². The highest BCUT2D eigenvalue weighted by molar-refractivity contribution is 7.89. The maximum Gasteiger partial charge on any atom is 0.243 e. The number of hydrogen-bond acceptors (Lipinski definition) is 4. The van der Waals surface area contributed by atoms with Gasteiger partial charge in [-0.05, 0) is 31.2 Å². The van der Waals surface area contributed by atoms with Crippen LogP contribution in [0.5, 0.6) is 0 Å². The van der Waals surface area contributed by atoms with Crippen LogP contribution >= 0.6 is 0 Å². The summed E-state index contributed by atoms with van der Waals surface area (Å²) in [4.78, 5) is 2.33. The number of piperazine rings is 1. The van der Waals surface area contributed by atoms with E-state index in [1.54, 1.807) is 0 Å². The van der Waals surface area contributed by atoms with E-state index in [4.69, 9.17) is 4.74 Å². The molecule has 0 unspecified atom stereocenters. The lowest BCUT2D eigenvalue weighted by Crippen LogP contribution is -2.49. The van der Waals surface area contributed by atoms with Crippen molar-refractivity contribution in [3.8, 4) is 0 Å². The van der Waals surface area contributed by atoms with Crippen molar-refractivity contribution in [2.24, 2.45) is 0 Å². The van der Waals surface area contributed by atoms with Gasteiger partial charge in [0.25, 0.3) is 0 Å². The molecule has 0 radical (unpaired) electrons. The Morgan fingerprint density at radius 2 is 1.76 bits per heavy atom. The first-order valence-electron chi connectivity index (χ1n) is 7.10. The minimum Gasteiger partial charge on any atom is -0.380 e. The maximum absolute atomic E-state index is 12.9. The molecule has 118 valence electrons. The lowest BCUT2D eigenvalue weighted by atomic mass is 10.3. The Hall–Kier alpha value is -1.02. The van der Waals surface area contributed by atoms with Gasteiger partial charge in [-0.3, -0.25) is 4.90 Å². The molecule has 0 N–H and O–H groups in total. The topological polar surface area (TPSA) is 49.9 Å². The largest absolute Gasteiger partial charge is 0.380 e. The van der Waals surface area contributed by atoms with Crippen molar-refractivity contribution >= 4 is 10.0 Å². The molecule has 1 aliphatic heterocycles. The molecular weight excluding hydrogens is 295 g/mol. The van der Waals surface area contributed by atoms with Gasteiger partial charge in [0.1, 0.15) is 5.82 Å². The molecule has 1 aliphatic rings. The van der Waals surface area contributed by atoms with Crippen LogP contribution in [0, 0.1) is 5.82 Å². The van der Waals surface area contributed by atoms with Crippen molar-refractivity contribution in [2.45, 2.75) is 11.8 Å². The Morgan fingerprint density at radius 3 is 2.33 bits per heavy atom. The van der Waals surface area contributed by atoms with E-state index in [9.17, 15) is 12.8 Å². The first-order chi connectivity index (χ1) is 10.0. The Bertz CT molecular complexity index is 540. The van der Waals surface area contributed by atoms with E-state index < -0.39 is 15.8 Å². The number of rotatable bonds is 6. The van der Waals surface area contributed by atoms with Crippen LogP contribution in [-0.2, 0) is 14.8 Å². The Labute approximate surface area is 125 Å². The zero-order valence-electron chi connectivity index (χ0n) is 12.2. The predicted octanol–water partition coefficient (Wildman–Crippen LogP) is 1.17. The molecule has 0 saturated carbocycles. The molecule has 1 aromatic rings. The van der Waals surface area contributed by atoms with E-state index in [1.807, 2.05) is 6.92 Å². The summed E-state index contributed by atoms with van der Waals surface area (Å²) in [6.07, 6.45) is 0. The van der Waals surface area contributed by atoms with E-state index in [-0.39, 0.29) is 4.90 Å². The van der Waals surface area contributed by atoms with Gasteiger partial charge in [-0.1, -0.05) is 0 Å². The fraction of sp³-hybridized carbons (Fsp3) is 0.571. The van der Waals surface area contributed by atoms with Crippen molar-refractivity contribution in [3.05, 3.63) is 30.1 Å².